The molecule has 0 unspecified atom stereocenters. The zero-order chi connectivity index (χ0) is 16.9. The van der Waals surface area contributed by atoms with Gasteiger partial charge in [0.15, 0.2) is 0 Å². The quantitative estimate of drug-likeness (QED) is 0.840. The average Bonchev–Trinajstić information content (AvgIpc) is 2.94. The zero-order valence-corrected chi connectivity index (χ0v) is 14.0. The van der Waals surface area contributed by atoms with E-state index in [4.69, 9.17) is 16.3 Å². The minimum absolute atomic E-state index is 0.177. The molecular weight excluding hydrogens is 324 g/mol. The summed E-state index contributed by atoms with van der Waals surface area (Å²) in [5.41, 5.74) is 2.44. The number of benzene rings is 2. The van der Waals surface area contributed by atoms with Crippen molar-refractivity contribution in [2.24, 2.45) is 4.99 Å². The molecule has 24 heavy (non-hydrogen) atoms. The van der Waals surface area contributed by atoms with Gasteiger partial charge in [-0.2, -0.15) is 0 Å². The summed E-state index contributed by atoms with van der Waals surface area (Å²) in [6.07, 6.45) is 3.22. The maximum atomic E-state index is 12.1. The van der Waals surface area contributed by atoms with Crippen molar-refractivity contribution in [3.05, 3.63) is 70.4 Å². The van der Waals surface area contributed by atoms with Crippen LogP contribution in [0.5, 0.6) is 5.75 Å². The molecule has 4 nitrogen and oxygen atoms in total. The van der Waals surface area contributed by atoms with Gasteiger partial charge in [0, 0.05) is 11.4 Å². The molecule has 0 aromatic heterocycles. The molecule has 0 radical (unpaired) electrons. The van der Waals surface area contributed by atoms with Crippen LogP contribution in [0.2, 0.25) is 5.02 Å². The third kappa shape index (κ3) is 4.03. The highest BCUT2D eigenvalue weighted by Crippen LogP contribution is 2.18. The first-order valence-corrected chi connectivity index (χ1v) is 8.01. The second-order valence-electron chi connectivity index (χ2n) is 5.45. The Balaban J connectivity index is 1.70. The Bertz CT molecular complexity index is 810. The maximum absolute atomic E-state index is 12.1. The molecule has 1 N–H and O–H groups in total. The Morgan fingerprint density at radius 2 is 1.96 bits per heavy atom. The van der Waals surface area contributed by atoms with Gasteiger partial charge < -0.3 is 10.1 Å². The van der Waals surface area contributed by atoms with Crippen LogP contribution >= 0.6 is 11.6 Å². The minimum atomic E-state index is -0.177. The van der Waals surface area contributed by atoms with Crippen molar-refractivity contribution >= 4 is 29.4 Å². The summed E-state index contributed by atoms with van der Waals surface area (Å²) < 4.78 is 5.19. The second kappa shape index (κ2) is 7.32. The number of carbonyl (C=O) groups is 1. The van der Waals surface area contributed by atoms with Gasteiger partial charge in [-0.05, 0) is 47.9 Å². The van der Waals surface area contributed by atoms with Gasteiger partial charge >= 0.3 is 0 Å². The standard InChI is InChI=1S/C19H17ClN2O2/c1-24-16-4-2-3-14(11-16)12-17-19(23)22-18(21-17)10-7-13-5-8-15(20)9-6-13/h2-6,8-9,11-12H,7,10H2,1H3,(H,21,22,23)/b17-12+. The van der Waals surface area contributed by atoms with Gasteiger partial charge in [0.25, 0.3) is 5.91 Å². The van der Waals surface area contributed by atoms with E-state index in [1.54, 1.807) is 13.2 Å². The van der Waals surface area contributed by atoms with Crippen LogP contribution in [0.25, 0.3) is 6.08 Å². The number of ether oxygens (including phenoxy) is 1. The fourth-order valence-electron chi connectivity index (χ4n) is 2.44. The van der Waals surface area contributed by atoms with Crippen LogP contribution < -0.4 is 10.1 Å². The van der Waals surface area contributed by atoms with E-state index in [2.05, 4.69) is 10.3 Å². The van der Waals surface area contributed by atoms with Gasteiger partial charge in [-0.25, -0.2) is 4.99 Å². The first kappa shape index (κ1) is 16.3. The van der Waals surface area contributed by atoms with Crippen LogP contribution in [0.15, 0.2) is 59.2 Å². The smallest absolute Gasteiger partial charge is 0.275 e. The molecular formula is C19H17ClN2O2. The molecule has 122 valence electrons. The summed E-state index contributed by atoms with van der Waals surface area (Å²) in [7, 11) is 1.61. The molecule has 1 aliphatic heterocycles. The number of nitrogens with zero attached hydrogens (tertiary/aromatic N) is 1. The summed E-state index contributed by atoms with van der Waals surface area (Å²) in [5, 5.41) is 3.54. The summed E-state index contributed by atoms with van der Waals surface area (Å²) >= 11 is 5.88. The van der Waals surface area contributed by atoms with Crippen LogP contribution in [0.3, 0.4) is 0 Å². The molecule has 0 saturated heterocycles. The van der Waals surface area contributed by atoms with Crippen LogP contribution in [0, 0.1) is 0 Å². The molecule has 1 heterocycles. The number of carbonyl (C=O) groups excluding carboxylic acids is 1. The van der Waals surface area contributed by atoms with E-state index in [1.807, 2.05) is 48.5 Å². The number of nitrogens with one attached hydrogen (secondary N) is 1. The Kier molecular flexibility index (Phi) is 4.96. The van der Waals surface area contributed by atoms with E-state index >= 15 is 0 Å². The number of amides is 1. The molecule has 0 atom stereocenters. The topological polar surface area (TPSA) is 50.7 Å². The largest absolute Gasteiger partial charge is 0.497 e. The Labute approximate surface area is 145 Å². The average molecular weight is 341 g/mol. The fourth-order valence-corrected chi connectivity index (χ4v) is 2.56. The highest BCUT2D eigenvalue weighted by molar-refractivity contribution is 6.30. The lowest BCUT2D eigenvalue weighted by Crippen LogP contribution is -2.24. The normalized spacial score (nSPS) is 15.3. The summed E-state index contributed by atoms with van der Waals surface area (Å²) in [6, 6.07) is 15.2. The van der Waals surface area contributed by atoms with Crippen LogP contribution in [0.4, 0.5) is 0 Å². The molecule has 1 aliphatic rings. The van der Waals surface area contributed by atoms with Gasteiger partial charge in [-0.15, -0.1) is 0 Å². The van der Waals surface area contributed by atoms with Gasteiger partial charge in [-0.3, -0.25) is 4.79 Å². The van der Waals surface area contributed by atoms with Crippen molar-refractivity contribution in [2.45, 2.75) is 12.8 Å². The number of hydrogen-bond acceptors (Lipinski definition) is 3. The van der Waals surface area contributed by atoms with E-state index in [-0.39, 0.29) is 5.91 Å². The SMILES string of the molecule is COc1cccc(/C=C2/N=C(CCc3ccc(Cl)cc3)NC2=O)c1. The van der Waals surface area contributed by atoms with E-state index in [1.165, 1.54) is 0 Å². The molecule has 0 aliphatic carbocycles. The van der Waals surface area contributed by atoms with Crippen molar-refractivity contribution in [3.63, 3.8) is 0 Å². The molecule has 0 spiro atoms. The van der Waals surface area contributed by atoms with Crippen LogP contribution in [-0.2, 0) is 11.2 Å². The highest BCUT2D eigenvalue weighted by Gasteiger charge is 2.19. The Hall–Kier alpha value is -2.59. The molecule has 0 saturated carbocycles. The second-order valence-corrected chi connectivity index (χ2v) is 5.88. The number of hydrogen-bond donors (Lipinski definition) is 1. The summed E-state index contributed by atoms with van der Waals surface area (Å²) in [6.45, 7) is 0. The fraction of sp³-hybridized carbons (Fsp3) is 0.158. The maximum Gasteiger partial charge on any atom is 0.275 e. The predicted molar refractivity (Wildman–Crippen MR) is 96.3 cm³/mol. The zero-order valence-electron chi connectivity index (χ0n) is 13.3. The lowest BCUT2D eigenvalue weighted by atomic mass is 10.1. The van der Waals surface area contributed by atoms with Gasteiger partial charge in [-0.1, -0.05) is 35.9 Å². The molecule has 2 aromatic carbocycles. The third-order valence-corrected chi connectivity index (χ3v) is 3.96. The first-order valence-electron chi connectivity index (χ1n) is 7.63. The first-order chi connectivity index (χ1) is 11.6. The van der Waals surface area contributed by atoms with Gasteiger partial charge in [0.2, 0.25) is 0 Å². The van der Waals surface area contributed by atoms with Crippen molar-refractivity contribution < 1.29 is 9.53 Å². The van der Waals surface area contributed by atoms with E-state index in [0.717, 1.165) is 23.3 Å². The van der Waals surface area contributed by atoms with Crippen LogP contribution in [-0.4, -0.2) is 18.9 Å². The summed E-state index contributed by atoms with van der Waals surface area (Å²) in [5.74, 6) is 1.25. The number of halogens is 1. The van der Waals surface area contributed by atoms with Crippen molar-refractivity contribution in [1.82, 2.24) is 5.32 Å². The number of rotatable bonds is 5. The lowest BCUT2D eigenvalue weighted by molar-refractivity contribution is -0.115. The van der Waals surface area contributed by atoms with E-state index < -0.39 is 0 Å². The predicted octanol–water partition coefficient (Wildman–Crippen LogP) is 3.85. The third-order valence-electron chi connectivity index (χ3n) is 3.71. The molecule has 0 bridgehead atoms. The summed E-state index contributed by atoms with van der Waals surface area (Å²) in [4.78, 5) is 16.5. The highest BCUT2D eigenvalue weighted by atomic mass is 35.5. The molecule has 5 heteroatoms. The lowest BCUT2D eigenvalue weighted by Gasteiger charge is -2.01. The Morgan fingerprint density at radius 1 is 1.17 bits per heavy atom. The van der Waals surface area contributed by atoms with E-state index in [9.17, 15) is 4.79 Å². The number of aryl methyl sites for hydroxylation is 1. The molecule has 1 amide bonds. The Morgan fingerprint density at radius 3 is 2.71 bits per heavy atom. The minimum Gasteiger partial charge on any atom is -0.497 e. The monoisotopic (exact) mass is 340 g/mol. The van der Waals surface area contributed by atoms with Crippen molar-refractivity contribution in [3.8, 4) is 5.75 Å². The van der Waals surface area contributed by atoms with Gasteiger partial charge in [0.05, 0.1) is 7.11 Å². The molecule has 2 aromatic rings. The number of methoxy groups -OCH3 is 1. The van der Waals surface area contributed by atoms with Crippen molar-refractivity contribution in [2.75, 3.05) is 7.11 Å². The molecule has 0 fully saturated rings. The van der Waals surface area contributed by atoms with Crippen LogP contribution in [0.1, 0.15) is 17.5 Å². The van der Waals surface area contributed by atoms with Crippen molar-refractivity contribution in [1.29, 1.82) is 0 Å². The number of aliphatic imine (C=N–C) groups is 1. The molecule has 3 rings (SSSR count). The number of amidine groups is 1. The van der Waals surface area contributed by atoms with Gasteiger partial charge in [0.1, 0.15) is 17.3 Å². The van der Waals surface area contributed by atoms with E-state index in [0.29, 0.717) is 23.0 Å².